The molecule has 5 nitrogen and oxygen atoms in total. The maximum Gasteiger partial charge on any atom is 0.141 e. The molecule has 1 rings (SSSR count). The summed E-state index contributed by atoms with van der Waals surface area (Å²) in [7, 11) is 4.18. The van der Waals surface area contributed by atoms with E-state index < -0.39 is 0 Å². The smallest absolute Gasteiger partial charge is 0.141 e. The molecule has 5 heteroatoms. The number of aromatic nitrogens is 2. The van der Waals surface area contributed by atoms with Crippen LogP contribution >= 0.6 is 0 Å². The Balaban J connectivity index is 2.50. The molecular weight excluding hydrogens is 214 g/mol. The summed E-state index contributed by atoms with van der Waals surface area (Å²) < 4.78 is 0. The van der Waals surface area contributed by atoms with Crippen LogP contribution in [0.4, 0.5) is 5.82 Å². The first kappa shape index (κ1) is 13.9. The Bertz CT molecular complexity index is 309. The molecule has 1 aromatic heterocycles. The minimum Gasteiger partial charge on any atom is -0.382 e. The van der Waals surface area contributed by atoms with Crippen LogP contribution in [0, 0.1) is 0 Å². The van der Waals surface area contributed by atoms with Crippen molar-refractivity contribution >= 4 is 5.82 Å². The van der Waals surface area contributed by atoms with Gasteiger partial charge in [0.1, 0.15) is 5.82 Å². The van der Waals surface area contributed by atoms with Gasteiger partial charge >= 0.3 is 0 Å². The van der Waals surface area contributed by atoms with E-state index in [9.17, 15) is 0 Å². The second kappa shape index (κ2) is 7.19. The second-order valence-corrected chi connectivity index (χ2v) is 4.51. The number of nitrogens with two attached hydrogens (primary N) is 1. The molecule has 0 unspecified atom stereocenters. The lowest BCUT2D eigenvalue weighted by Crippen LogP contribution is -2.32. The van der Waals surface area contributed by atoms with E-state index in [2.05, 4.69) is 40.8 Å². The number of hydrogen-bond donors (Lipinski definition) is 1. The van der Waals surface area contributed by atoms with Crippen molar-refractivity contribution in [2.24, 2.45) is 0 Å². The first-order valence-corrected chi connectivity index (χ1v) is 6.05. The van der Waals surface area contributed by atoms with Crippen molar-refractivity contribution in [1.82, 2.24) is 19.8 Å². The van der Waals surface area contributed by atoms with Gasteiger partial charge in [0.25, 0.3) is 0 Å². The summed E-state index contributed by atoms with van der Waals surface area (Å²) >= 11 is 0. The number of nitrogens with zero attached hydrogens (tertiary/aromatic N) is 4. The lowest BCUT2D eigenvalue weighted by atomic mass is 10.3. The predicted octanol–water partition coefficient (Wildman–Crippen LogP) is 0.832. The van der Waals surface area contributed by atoms with E-state index in [4.69, 9.17) is 5.73 Å². The minimum absolute atomic E-state index is 0.476. The zero-order chi connectivity index (χ0) is 12.7. The Morgan fingerprint density at radius 3 is 2.41 bits per heavy atom. The molecule has 0 bridgehead atoms. The van der Waals surface area contributed by atoms with Gasteiger partial charge in [0.2, 0.25) is 0 Å². The molecule has 1 aromatic rings. The SMILES string of the molecule is CCCN(CCN(C)C)Cc1cnc(N)cn1. The Morgan fingerprint density at radius 2 is 1.88 bits per heavy atom. The molecule has 0 aliphatic carbocycles. The summed E-state index contributed by atoms with van der Waals surface area (Å²) in [6, 6.07) is 0. The van der Waals surface area contributed by atoms with Gasteiger partial charge in [0.15, 0.2) is 0 Å². The minimum atomic E-state index is 0.476. The van der Waals surface area contributed by atoms with Gasteiger partial charge in [0.05, 0.1) is 18.1 Å². The van der Waals surface area contributed by atoms with Gasteiger partial charge in [-0.15, -0.1) is 0 Å². The van der Waals surface area contributed by atoms with Crippen LogP contribution in [0.2, 0.25) is 0 Å². The molecule has 2 N–H and O–H groups in total. The molecule has 0 fully saturated rings. The summed E-state index contributed by atoms with van der Waals surface area (Å²) in [4.78, 5) is 12.9. The van der Waals surface area contributed by atoms with E-state index in [1.165, 1.54) is 0 Å². The van der Waals surface area contributed by atoms with Gasteiger partial charge in [-0.3, -0.25) is 9.88 Å². The van der Waals surface area contributed by atoms with Crippen LogP contribution in [0.15, 0.2) is 12.4 Å². The first-order valence-electron chi connectivity index (χ1n) is 6.05. The van der Waals surface area contributed by atoms with Crippen molar-refractivity contribution in [3.8, 4) is 0 Å². The van der Waals surface area contributed by atoms with Crippen LogP contribution in [0.25, 0.3) is 0 Å². The van der Waals surface area contributed by atoms with Crippen LogP contribution in [0.5, 0.6) is 0 Å². The summed E-state index contributed by atoms with van der Waals surface area (Å²) in [6.07, 6.45) is 4.52. The van der Waals surface area contributed by atoms with E-state index in [0.29, 0.717) is 5.82 Å². The van der Waals surface area contributed by atoms with Gasteiger partial charge < -0.3 is 10.6 Å². The first-order chi connectivity index (χ1) is 8.11. The van der Waals surface area contributed by atoms with Crippen LogP contribution in [-0.4, -0.2) is 53.5 Å². The number of nitrogen functional groups attached to an aromatic ring is 1. The Hall–Kier alpha value is -1.20. The quantitative estimate of drug-likeness (QED) is 0.761. The fourth-order valence-electron chi connectivity index (χ4n) is 1.60. The van der Waals surface area contributed by atoms with Crippen molar-refractivity contribution in [3.63, 3.8) is 0 Å². The standard InChI is InChI=1S/C12H23N5/c1-4-5-17(7-6-16(2)3)10-11-8-15-12(13)9-14-11/h8-9H,4-7,10H2,1-3H3,(H2,13,15). The molecule has 96 valence electrons. The second-order valence-electron chi connectivity index (χ2n) is 4.51. The molecule has 17 heavy (non-hydrogen) atoms. The molecule has 0 spiro atoms. The lowest BCUT2D eigenvalue weighted by molar-refractivity contribution is 0.231. The molecular formula is C12H23N5. The normalized spacial score (nSPS) is 11.4. The summed E-state index contributed by atoms with van der Waals surface area (Å²) in [5.41, 5.74) is 6.50. The number of likely N-dealkylation sites (N-methyl/N-ethyl adjacent to an activating group) is 1. The van der Waals surface area contributed by atoms with Gasteiger partial charge in [-0.1, -0.05) is 6.92 Å². The Kier molecular flexibility index (Phi) is 5.86. The van der Waals surface area contributed by atoms with Crippen molar-refractivity contribution in [1.29, 1.82) is 0 Å². The van der Waals surface area contributed by atoms with Gasteiger partial charge in [-0.2, -0.15) is 0 Å². The monoisotopic (exact) mass is 237 g/mol. The molecule has 0 aliphatic heterocycles. The average Bonchev–Trinajstić information content (AvgIpc) is 2.29. The van der Waals surface area contributed by atoms with Crippen molar-refractivity contribution < 1.29 is 0 Å². The topological polar surface area (TPSA) is 58.3 Å². The molecule has 0 aliphatic rings. The third kappa shape index (κ3) is 5.60. The zero-order valence-corrected chi connectivity index (χ0v) is 11.1. The van der Waals surface area contributed by atoms with Crippen LogP contribution in [0.1, 0.15) is 19.0 Å². The average molecular weight is 237 g/mol. The molecule has 0 aromatic carbocycles. The highest BCUT2D eigenvalue weighted by atomic mass is 15.2. The van der Waals surface area contributed by atoms with Crippen molar-refractivity contribution in [2.45, 2.75) is 19.9 Å². The third-order valence-electron chi connectivity index (χ3n) is 2.51. The van der Waals surface area contributed by atoms with Crippen LogP contribution in [-0.2, 0) is 6.54 Å². The highest BCUT2D eigenvalue weighted by molar-refractivity contribution is 5.22. The molecule has 0 atom stereocenters. The van der Waals surface area contributed by atoms with Gasteiger partial charge in [0, 0.05) is 19.6 Å². The summed E-state index contributed by atoms with van der Waals surface area (Å²) in [5, 5.41) is 0. The number of rotatable bonds is 7. The largest absolute Gasteiger partial charge is 0.382 e. The lowest BCUT2D eigenvalue weighted by Gasteiger charge is -2.23. The highest BCUT2D eigenvalue weighted by Gasteiger charge is 2.06. The van der Waals surface area contributed by atoms with Gasteiger partial charge in [-0.25, -0.2) is 4.98 Å². The van der Waals surface area contributed by atoms with E-state index >= 15 is 0 Å². The fraction of sp³-hybridized carbons (Fsp3) is 0.667. The molecule has 0 saturated carbocycles. The predicted molar refractivity (Wildman–Crippen MR) is 70.6 cm³/mol. The molecule has 1 heterocycles. The maximum atomic E-state index is 5.52. The Labute approximate surface area is 104 Å². The van der Waals surface area contributed by atoms with Crippen LogP contribution < -0.4 is 5.73 Å². The zero-order valence-electron chi connectivity index (χ0n) is 11.1. The van der Waals surface area contributed by atoms with Crippen LogP contribution in [0.3, 0.4) is 0 Å². The number of anilines is 1. The summed E-state index contributed by atoms with van der Waals surface area (Å²) in [5.74, 6) is 0.476. The van der Waals surface area contributed by atoms with Crippen molar-refractivity contribution in [2.75, 3.05) is 39.5 Å². The van der Waals surface area contributed by atoms with E-state index in [1.807, 2.05) is 0 Å². The maximum absolute atomic E-state index is 5.52. The van der Waals surface area contributed by atoms with Crippen molar-refractivity contribution in [3.05, 3.63) is 18.1 Å². The third-order valence-corrected chi connectivity index (χ3v) is 2.51. The highest BCUT2D eigenvalue weighted by Crippen LogP contribution is 2.02. The summed E-state index contributed by atoms with van der Waals surface area (Å²) in [6.45, 7) is 6.22. The molecule has 0 radical (unpaired) electrons. The fourth-order valence-corrected chi connectivity index (χ4v) is 1.60. The van der Waals surface area contributed by atoms with E-state index in [-0.39, 0.29) is 0 Å². The Morgan fingerprint density at radius 1 is 1.12 bits per heavy atom. The van der Waals surface area contributed by atoms with E-state index in [0.717, 1.165) is 38.3 Å². The molecule has 0 saturated heterocycles. The van der Waals surface area contributed by atoms with E-state index in [1.54, 1.807) is 12.4 Å². The molecule has 0 amide bonds. The van der Waals surface area contributed by atoms with Gasteiger partial charge in [-0.05, 0) is 27.1 Å². The number of hydrogen-bond acceptors (Lipinski definition) is 5.